The molecule has 0 heterocycles. The first-order valence-electron chi connectivity index (χ1n) is 17.0. The normalized spacial score (nSPS) is 10.7. The van der Waals surface area contributed by atoms with Crippen LogP contribution in [0.5, 0.6) is 0 Å². The SMILES string of the molecule is CCCCN(CCCC)CCCC.Fc1c(F)c(F)[c]([Al+2])c(F)c1F.Fc1c(F)c(F)[c]([Al+2])c(F)c1F.Fc1c(F)c(F)[c]([Al+2])c(F)c1F.Fc1c(F)c(F)[c]([Al+2])c(F)c1F. The van der Waals surface area contributed by atoms with Crippen molar-refractivity contribution in [3.05, 3.63) is 116 Å². The van der Waals surface area contributed by atoms with Crippen LogP contribution in [-0.2, 0) is 0 Å². The quantitative estimate of drug-likeness (QED) is 0.0706. The summed E-state index contributed by atoms with van der Waals surface area (Å²) in [6, 6.07) is 0. The first kappa shape index (κ1) is 58.6. The molecule has 4 rings (SSSR count). The maximum absolute atomic E-state index is 12.4. The van der Waals surface area contributed by atoms with Gasteiger partial charge in [0.2, 0.25) is 0 Å². The van der Waals surface area contributed by atoms with Crippen LogP contribution < -0.4 is 17.7 Å². The van der Waals surface area contributed by atoms with Crippen molar-refractivity contribution in [1.82, 2.24) is 4.90 Å². The number of hydrogen-bond acceptors (Lipinski definition) is 1. The molecular weight excluding hydrogens is 934 g/mol. The Labute approximate surface area is 369 Å². The van der Waals surface area contributed by atoms with Gasteiger partial charge in [0.1, 0.15) is 0 Å². The van der Waals surface area contributed by atoms with Crippen LogP contribution in [0.3, 0.4) is 0 Å². The van der Waals surface area contributed by atoms with Crippen molar-refractivity contribution in [2.45, 2.75) is 59.3 Å². The summed E-state index contributed by atoms with van der Waals surface area (Å²) in [5.74, 6) is -38.6. The van der Waals surface area contributed by atoms with Gasteiger partial charge >= 0.3 is 287 Å². The summed E-state index contributed by atoms with van der Waals surface area (Å²) in [4.78, 5) is 2.64. The molecule has 0 spiro atoms. The van der Waals surface area contributed by atoms with Crippen LogP contribution in [0.15, 0.2) is 0 Å². The van der Waals surface area contributed by atoms with Crippen molar-refractivity contribution in [3.63, 3.8) is 0 Å². The second kappa shape index (κ2) is 27.7. The minimum atomic E-state index is -2.14. The summed E-state index contributed by atoms with van der Waals surface area (Å²) in [7, 11) is 0. The van der Waals surface area contributed by atoms with Crippen molar-refractivity contribution in [3.8, 4) is 0 Å². The third-order valence-electron chi connectivity index (χ3n) is 7.46. The first-order chi connectivity index (χ1) is 28.2. The molecule has 0 amide bonds. The Morgan fingerprint density at radius 2 is 0.361 bits per heavy atom. The zero-order chi connectivity index (χ0) is 47.8. The van der Waals surface area contributed by atoms with Gasteiger partial charge in [-0.2, -0.15) is 0 Å². The second-order valence-electron chi connectivity index (χ2n) is 11.8. The van der Waals surface area contributed by atoms with Crippen LogP contribution in [0.1, 0.15) is 59.3 Å². The Hall–Kier alpha value is -2.43. The Morgan fingerprint density at radius 1 is 0.246 bits per heavy atom. The molecule has 4 aromatic rings. The van der Waals surface area contributed by atoms with Gasteiger partial charge in [-0.1, -0.05) is 40.0 Å². The van der Waals surface area contributed by atoms with Crippen LogP contribution in [-0.4, -0.2) is 89.7 Å². The molecule has 61 heavy (non-hydrogen) atoms. The Bertz CT molecular complexity index is 1400. The molecule has 0 saturated heterocycles. The van der Waals surface area contributed by atoms with Gasteiger partial charge in [0.25, 0.3) is 0 Å². The predicted octanol–water partition coefficient (Wildman–Crippen LogP) is 8.39. The zero-order valence-electron chi connectivity index (χ0n) is 31.7. The number of nitrogens with zero attached hydrogens (tertiary/aromatic N) is 1. The van der Waals surface area contributed by atoms with Crippen molar-refractivity contribution >= 4 is 82.9 Å². The summed E-state index contributed by atoms with van der Waals surface area (Å²) in [5, 5.41) is 0. The van der Waals surface area contributed by atoms with Gasteiger partial charge in [0, 0.05) is 0 Å². The fraction of sp³-hybridized carbons (Fsp3) is 0.333. The van der Waals surface area contributed by atoms with Crippen molar-refractivity contribution in [2.24, 2.45) is 0 Å². The Balaban J connectivity index is 0.000000738. The number of halogens is 20. The average Bonchev–Trinajstić information content (AvgIpc) is 3.26. The van der Waals surface area contributed by atoms with Gasteiger partial charge in [-0.05, 0) is 38.9 Å². The molecule has 25 heteroatoms. The molecule has 0 fully saturated rings. The van der Waals surface area contributed by atoms with E-state index in [9.17, 15) is 87.8 Å². The molecule has 0 aliphatic carbocycles. The standard InChI is InChI=1S/C12H27N.4C6F5.4Al/c1-4-7-10-13(11-8-5-2)12-9-6-3;4*7-2-1-3(8)5(10)6(11)4(2)9;;;;/h4-12H2,1-3H3;;;;;;;;/q;;;;;4*+2. The fourth-order valence-corrected chi connectivity index (χ4v) is 4.98. The zero-order valence-corrected chi connectivity index (χ0v) is 36.3. The molecule has 1 nitrogen and oxygen atoms in total. The molecule has 0 saturated carbocycles. The predicted molar refractivity (Wildman–Crippen MR) is 188 cm³/mol. The van der Waals surface area contributed by atoms with Gasteiger partial charge in [0.05, 0.1) is 0 Å². The summed E-state index contributed by atoms with van der Waals surface area (Å²) in [6.07, 6.45) is 8.09. The van der Waals surface area contributed by atoms with Crippen LogP contribution in [0.25, 0.3) is 0 Å². The third-order valence-corrected chi connectivity index (χ3v) is 9.49. The molecule has 4 aromatic carbocycles. The Morgan fingerprint density at radius 3 is 0.475 bits per heavy atom. The summed E-state index contributed by atoms with van der Waals surface area (Å²) in [6.45, 7) is 10.8. The summed E-state index contributed by atoms with van der Waals surface area (Å²) < 4.78 is 242. The molecular formula is C36H27Al4F20N+8. The van der Waals surface area contributed by atoms with Gasteiger partial charge in [-0.3, -0.25) is 0 Å². The maximum atomic E-state index is 12.4. The van der Waals surface area contributed by atoms with E-state index in [-0.39, 0.29) is 0 Å². The molecule has 0 unspecified atom stereocenters. The minimum absolute atomic E-state index is 0.952. The number of rotatable bonds is 9. The third kappa shape index (κ3) is 16.0. The molecule has 320 valence electrons. The van der Waals surface area contributed by atoms with E-state index in [2.05, 4.69) is 25.7 Å². The topological polar surface area (TPSA) is 3.24 Å². The van der Waals surface area contributed by atoms with E-state index in [0.717, 1.165) is 0 Å². The number of unbranched alkanes of at least 4 members (excludes halogenated alkanes) is 3. The van der Waals surface area contributed by atoms with Gasteiger partial charge in [-0.25, -0.2) is 0 Å². The van der Waals surface area contributed by atoms with E-state index in [0.29, 0.717) is 0 Å². The van der Waals surface area contributed by atoms with Crippen molar-refractivity contribution < 1.29 is 87.8 Å². The van der Waals surface area contributed by atoms with E-state index in [4.69, 9.17) is 0 Å². The van der Waals surface area contributed by atoms with Crippen molar-refractivity contribution in [1.29, 1.82) is 0 Å². The molecule has 0 atom stereocenters. The van der Waals surface area contributed by atoms with E-state index in [1.165, 1.54) is 123 Å². The number of benzene rings is 4. The molecule has 0 aliphatic rings. The van der Waals surface area contributed by atoms with Crippen LogP contribution >= 0.6 is 0 Å². The van der Waals surface area contributed by atoms with Gasteiger partial charge < -0.3 is 4.90 Å². The van der Waals surface area contributed by atoms with Gasteiger partial charge in [-0.15, -0.1) is 0 Å². The van der Waals surface area contributed by atoms with Crippen LogP contribution in [0, 0.1) is 116 Å². The first-order valence-corrected chi connectivity index (χ1v) is 19.3. The van der Waals surface area contributed by atoms with Crippen molar-refractivity contribution in [2.75, 3.05) is 19.6 Å². The Kier molecular flexibility index (Phi) is 26.6. The summed E-state index contributed by atoms with van der Waals surface area (Å²) in [5.41, 5.74) is 0. The molecule has 0 bridgehead atoms. The molecule has 0 N–H and O–H groups in total. The van der Waals surface area contributed by atoms with E-state index in [1.54, 1.807) is 0 Å². The van der Waals surface area contributed by atoms with Gasteiger partial charge in [0.15, 0.2) is 0 Å². The number of hydrogen-bond donors (Lipinski definition) is 0. The van der Waals surface area contributed by atoms with E-state index < -0.39 is 134 Å². The van der Waals surface area contributed by atoms with Crippen LogP contribution in [0.4, 0.5) is 87.8 Å². The average molecular weight is 962 g/mol. The monoisotopic (exact) mass is 961 g/mol. The van der Waals surface area contributed by atoms with Crippen LogP contribution in [0.2, 0.25) is 0 Å². The van der Waals surface area contributed by atoms with E-state index >= 15 is 0 Å². The summed E-state index contributed by atoms with van der Waals surface area (Å²) >= 11 is 5.76. The van der Waals surface area contributed by atoms with E-state index in [1.807, 2.05) is 0 Å². The molecule has 0 aliphatic heterocycles. The fourth-order valence-electron chi connectivity index (χ4n) is 3.97. The molecule has 0 radical (unpaired) electrons. The second-order valence-corrected chi connectivity index (χ2v) is 14.1. The molecule has 0 aromatic heterocycles.